The maximum Gasteiger partial charge on any atom is 0.131 e. The normalized spacial score (nSPS) is 11.1. The van der Waals surface area contributed by atoms with Gasteiger partial charge in [-0.05, 0) is 18.7 Å². The van der Waals surface area contributed by atoms with Crippen LogP contribution in [0.4, 0.5) is 5.82 Å². The first-order valence-electron chi connectivity index (χ1n) is 6.88. The van der Waals surface area contributed by atoms with Gasteiger partial charge in [-0.3, -0.25) is 4.98 Å². The Labute approximate surface area is 118 Å². The van der Waals surface area contributed by atoms with Gasteiger partial charge in [0.25, 0.3) is 0 Å². The van der Waals surface area contributed by atoms with Crippen molar-refractivity contribution in [2.24, 2.45) is 0 Å². The van der Waals surface area contributed by atoms with E-state index in [0.29, 0.717) is 0 Å². The van der Waals surface area contributed by atoms with E-state index in [1.807, 2.05) is 31.5 Å². The van der Waals surface area contributed by atoms with Gasteiger partial charge in [0.1, 0.15) is 17.3 Å². The third-order valence-electron chi connectivity index (χ3n) is 3.57. The summed E-state index contributed by atoms with van der Waals surface area (Å²) >= 11 is 0. The molecule has 0 atom stereocenters. The minimum absolute atomic E-state index is 0.725. The zero-order valence-electron chi connectivity index (χ0n) is 11.8. The number of pyridine rings is 1. The third-order valence-corrected chi connectivity index (χ3v) is 3.57. The van der Waals surface area contributed by atoms with Gasteiger partial charge < -0.3 is 10.3 Å². The minimum atomic E-state index is 0.725. The van der Waals surface area contributed by atoms with Crippen LogP contribution < -0.4 is 5.73 Å². The van der Waals surface area contributed by atoms with E-state index in [1.165, 1.54) is 0 Å². The number of fused-ring (bicyclic) bond motifs is 1. The molecule has 0 aliphatic heterocycles. The number of nitrogens with two attached hydrogens (primary N) is 1. The van der Waals surface area contributed by atoms with Gasteiger partial charge in [-0.2, -0.15) is 0 Å². The summed E-state index contributed by atoms with van der Waals surface area (Å²) in [6.07, 6.45) is 4.75. The molecule has 0 aliphatic carbocycles. The number of nitrogen functional groups attached to an aromatic ring is 1. The number of hydrogen-bond acceptors (Lipinski definition) is 3. The van der Waals surface area contributed by atoms with Gasteiger partial charge in [0, 0.05) is 29.9 Å². The zero-order chi connectivity index (χ0) is 14.1. The second-order valence-electron chi connectivity index (χ2n) is 4.95. The Morgan fingerprint density at radius 1 is 1.20 bits per heavy atom. The van der Waals surface area contributed by atoms with E-state index in [0.717, 1.165) is 46.6 Å². The molecule has 20 heavy (non-hydrogen) atoms. The van der Waals surface area contributed by atoms with E-state index < -0.39 is 0 Å². The summed E-state index contributed by atoms with van der Waals surface area (Å²) in [4.78, 5) is 8.96. The molecule has 1 aromatic carbocycles. The standard InChI is InChI=1S/C16H18N4/c1-3-8-20-11(2)19-15(16(20)17)14-10-18-9-12-6-4-5-7-13(12)14/h4-7,9-10H,3,8,17H2,1-2H3. The highest BCUT2D eigenvalue weighted by atomic mass is 15.1. The molecule has 4 heteroatoms. The topological polar surface area (TPSA) is 56.7 Å². The molecule has 0 aliphatic rings. The number of aromatic nitrogens is 3. The summed E-state index contributed by atoms with van der Waals surface area (Å²) in [5.41, 5.74) is 8.12. The van der Waals surface area contributed by atoms with Crippen LogP contribution in [0.3, 0.4) is 0 Å². The molecule has 4 nitrogen and oxygen atoms in total. The van der Waals surface area contributed by atoms with Gasteiger partial charge >= 0.3 is 0 Å². The second kappa shape index (κ2) is 4.96. The number of rotatable bonds is 3. The molecule has 3 rings (SSSR count). The zero-order valence-corrected chi connectivity index (χ0v) is 11.8. The van der Waals surface area contributed by atoms with Gasteiger partial charge in [-0.15, -0.1) is 0 Å². The molecule has 2 aromatic heterocycles. The van der Waals surface area contributed by atoms with Crippen molar-refractivity contribution in [2.45, 2.75) is 26.8 Å². The van der Waals surface area contributed by atoms with Crippen LogP contribution in [0.1, 0.15) is 19.2 Å². The van der Waals surface area contributed by atoms with Crippen molar-refractivity contribution in [1.29, 1.82) is 0 Å². The van der Waals surface area contributed by atoms with Gasteiger partial charge in [0.2, 0.25) is 0 Å². The summed E-state index contributed by atoms with van der Waals surface area (Å²) in [6.45, 7) is 5.02. The van der Waals surface area contributed by atoms with Crippen LogP contribution in [0.15, 0.2) is 36.7 Å². The smallest absolute Gasteiger partial charge is 0.131 e. The highest BCUT2D eigenvalue weighted by molar-refractivity contribution is 5.96. The van der Waals surface area contributed by atoms with Crippen molar-refractivity contribution in [3.05, 3.63) is 42.5 Å². The van der Waals surface area contributed by atoms with Crippen LogP contribution in [-0.4, -0.2) is 14.5 Å². The van der Waals surface area contributed by atoms with Gasteiger partial charge in [0.15, 0.2) is 0 Å². The first-order valence-corrected chi connectivity index (χ1v) is 6.88. The van der Waals surface area contributed by atoms with Crippen molar-refractivity contribution in [1.82, 2.24) is 14.5 Å². The number of benzene rings is 1. The van der Waals surface area contributed by atoms with Crippen LogP contribution >= 0.6 is 0 Å². The van der Waals surface area contributed by atoms with Crippen molar-refractivity contribution in [3.63, 3.8) is 0 Å². The highest BCUT2D eigenvalue weighted by Gasteiger charge is 2.15. The van der Waals surface area contributed by atoms with E-state index in [4.69, 9.17) is 5.73 Å². The van der Waals surface area contributed by atoms with Crippen LogP contribution in [0.5, 0.6) is 0 Å². The van der Waals surface area contributed by atoms with Gasteiger partial charge in [-0.1, -0.05) is 31.2 Å². The molecule has 0 saturated heterocycles. The summed E-state index contributed by atoms with van der Waals surface area (Å²) in [6, 6.07) is 8.17. The molecule has 0 saturated carbocycles. The molecule has 0 unspecified atom stereocenters. The number of nitrogens with zero attached hydrogens (tertiary/aromatic N) is 3. The quantitative estimate of drug-likeness (QED) is 0.790. The predicted molar refractivity (Wildman–Crippen MR) is 82.4 cm³/mol. The molecule has 2 heterocycles. The third kappa shape index (κ3) is 1.93. The number of aryl methyl sites for hydroxylation is 1. The maximum absolute atomic E-state index is 6.29. The lowest BCUT2D eigenvalue weighted by Gasteiger charge is -2.07. The minimum Gasteiger partial charge on any atom is -0.383 e. The molecule has 102 valence electrons. The maximum atomic E-state index is 6.29. The molecule has 0 spiro atoms. The van der Waals surface area contributed by atoms with E-state index in [-0.39, 0.29) is 0 Å². The van der Waals surface area contributed by atoms with Crippen LogP contribution in [-0.2, 0) is 6.54 Å². The molecular weight excluding hydrogens is 248 g/mol. The Balaban J connectivity index is 2.24. The molecule has 2 N–H and O–H groups in total. The van der Waals surface area contributed by atoms with E-state index in [2.05, 4.69) is 33.6 Å². The molecule has 3 aromatic rings. The van der Waals surface area contributed by atoms with Crippen LogP contribution in [0, 0.1) is 6.92 Å². The first kappa shape index (κ1) is 12.7. The highest BCUT2D eigenvalue weighted by Crippen LogP contribution is 2.31. The molecule has 0 fully saturated rings. The average molecular weight is 266 g/mol. The summed E-state index contributed by atoms with van der Waals surface area (Å²) in [7, 11) is 0. The largest absolute Gasteiger partial charge is 0.383 e. The van der Waals surface area contributed by atoms with Crippen LogP contribution in [0.2, 0.25) is 0 Å². The van der Waals surface area contributed by atoms with Gasteiger partial charge in [0.05, 0.1) is 0 Å². The van der Waals surface area contributed by atoms with Gasteiger partial charge in [-0.25, -0.2) is 4.98 Å². The summed E-state index contributed by atoms with van der Waals surface area (Å²) < 4.78 is 2.07. The Hall–Kier alpha value is -2.36. The van der Waals surface area contributed by atoms with Crippen molar-refractivity contribution in [2.75, 3.05) is 5.73 Å². The molecular formula is C16H18N4. The fourth-order valence-corrected chi connectivity index (χ4v) is 2.59. The van der Waals surface area contributed by atoms with Crippen molar-refractivity contribution >= 4 is 16.6 Å². The van der Waals surface area contributed by atoms with E-state index in [9.17, 15) is 0 Å². The average Bonchev–Trinajstić information content (AvgIpc) is 2.75. The Morgan fingerprint density at radius 2 is 2.00 bits per heavy atom. The SMILES string of the molecule is CCCn1c(C)nc(-c2cncc3ccccc23)c1N. The second-order valence-corrected chi connectivity index (χ2v) is 4.95. The lowest BCUT2D eigenvalue weighted by molar-refractivity contribution is 0.665. The molecule has 0 radical (unpaired) electrons. The van der Waals surface area contributed by atoms with E-state index >= 15 is 0 Å². The molecule has 0 bridgehead atoms. The molecule has 0 amide bonds. The van der Waals surface area contributed by atoms with E-state index in [1.54, 1.807) is 0 Å². The lowest BCUT2D eigenvalue weighted by Crippen LogP contribution is -2.04. The lowest BCUT2D eigenvalue weighted by atomic mass is 10.1. The summed E-state index contributed by atoms with van der Waals surface area (Å²) in [5.74, 6) is 1.68. The Bertz CT molecular complexity index is 753. The Kier molecular flexibility index (Phi) is 3.14. The Morgan fingerprint density at radius 3 is 2.80 bits per heavy atom. The summed E-state index contributed by atoms with van der Waals surface area (Å²) in [5, 5.41) is 2.24. The van der Waals surface area contributed by atoms with Crippen molar-refractivity contribution < 1.29 is 0 Å². The number of anilines is 1. The van der Waals surface area contributed by atoms with Crippen LogP contribution in [0.25, 0.3) is 22.0 Å². The van der Waals surface area contributed by atoms with Crippen molar-refractivity contribution in [3.8, 4) is 11.3 Å². The first-order chi connectivity index (χ1) is 9.72. The number of imidazole rings is 1. The fraction of sp³-hybridized carbons (Fsp3) is 0.250. The predicted octanol–water partition coefficient (Wildman–Crippen LogP) is 3.40. The monoisotopic (exact) mass is 266 g/mol. The fourth-order valence-electron chi connectivity index (χ4n) is 2.59. The number of hydrogen-bond donors (Lipinski definition) is 1.